The number of ketones is 1. The van der Waals surface area contributed by atoms with Crippen LogP contribution in [0.25, 0.3) is 0 Å². The number of para-hydroxylation sites is 1. The first kappa shape index (κ1) is 50.5. The number of hydrogen-bond donors (Lipinski definition) is 4. The van der Waals surface area contributed by atoms with Crippen LogP contribution in [-0.4, -0.2) is 84.8 Å². The van der Waals surface area contributed by atoms with E-state index in [4.69, 9.17) is 4.43 Å². The van der Waals surface area contributed by atoms with E-state index in [0.29, 0.717) is 57.9 Å². The van der Waals surface area contributed by atoms with Gasteiger partial charge in [-0.05, 0) is 91.0 Å². The third-order valence-corrected chi connectivity index (χ3v) is 18.6. The average molecular weight is 928 g/mol. The van der Waals surface area contributed by atoms with Gasteiger partial charge in [-0.2, -0.15) is 0 Å². The lowest BCUT2D eigenvalue weighted by atomic mass is 9.94. The van der Waals surface area contributed by atoms with Gasteiger partial charge in [-0.3, -0.25) is 28.8 Å². The third-order valence-electron chi connectivity index (χ3n) is 13.5. The number of carbonyl (C=O) groups excluding carboxylic acids is 6. The fraction of sp³-hybridized carbons (Fsp3) is 0.444. The van der Waals surface area contributed by atoms with Crippen LogP contribution in [0.15, 0.2) is 115 Å². The van der Waals surface area contributed by atoms with E-state index in [1.807, 2.05) is 97.9 Å². The Morgan fingerprint density at radius 3 is 1.97 bits per heavy atom. The Balaban J connectivity index is 1.07. The van der Waals surface area contributed by atoms with Crippen LogP contribution >= 0.6 is 0 Å². The quantitative estimate of drug-likeness (QED) is 0.0651. The topological polar surface area (TPSA) is 163 Å². The molecule has 4 N–H and O–H groups in total. The van der Waals surface area contributed by atoms with Crippen LogP contribution in [0.2, 0.25) is 5.04 Å². The highest BCUT2D eigenvalue weighted by molar-refractivity contribution is 6.99. The molecule has 0 aliphatic carbocycles. The van der Waals surface area contributed by atoms with Crippen LogP contribution in [0.1, 0.15) is 110 Å². The summed E-state index contributed by atoms with van der Waals surface area (Å²) in [5.41, 5.74) is 1.12. The lowest BCUT2D eigenvalue weighted by Gasteiger charge is -2.44. The molecule has 0 bridgehead atoms. The molecule has 5 atom stereocenters. The number of nitrogens with zero attached hydrogens (tertiary/aromatic N) is 1. The number of benzene rings is 4. The summed E-state index contributed by atoms with van der Waals surface area (Å²) >= 11 is 0. The molecule has 0 unspecified atom stereocenters. The largest absolute Gasteiger partial charge is 0.398 e. The van der Waals surface area contributed by atoms with Crippen LogP contribution in [0.4, 0.5) is 5.69 Å². The van der Waals surface area contributed by atoms with E-state index >= 15 is 0 Å². The second-order valence-electron chi connectivity index (χ2n) is 19.4. The highest BCUT2D eigenvalue weighted by Crippen LogP contribution is 2.38. The second-order valence-corrected chi connectivity index (χ2v) is 23.6. The third kappa shape index (κ3) is 12.5. The molecule has 0 aromatic heterocycles. The van der Waals surface area contributed by atoms with Crippen molar-refractivity contribution in [1.82, 2.24) is 20.9 Å². The predicted molar refractivity (Wildman–Crippen MR) is 265 cm³/mol. The molecule has 6 rings (SSSR count). The zero-order chi connectivity index (χ0) is 48.2. The summed E-state index contributed by atoms with van der Waals surface area (Å²) in [7, 11) is -2.93. The number of unbranched alkanes of at least 4 members (excludes halogenated alkanes) is 2. The van der Waals surface area contributed by atoms with Crippen molar-refractivity contribution in [2.24, 2.45) is 0 Å². The fourth-order valence-corrected chi connectivity index (χ4v) is 14.0. The number of hydrogen-bond acceptors (Lipinski definition) is 7. The fourth-order valence-electron chi connectivity index (χ4n) is 9.35. The second kappa shape index (κ2) is 22.7. The summed E-state index contributed by atoms with van der Waals surface area (Å²) in [5.74, 6) is -1.80. The Labute approximate surface area is 397 Å². The summed E-state index contributed by atoms with van der Waals surface area (Å²) in [5, 5.41) is 13.7. The van der Waals surface area contributed by atoms with E-state index in [2.05, 4.69) is 66.3 Å². The summed E-state index contributed by atoms with van der Waals surface area (Å²) in [6.07, 6.45) is 3.96. The highest BCUT2D eigenvalue weighted by atomic mass is 28.4. The molecule has 4 aromatic carbocycles. The summed E-state index contributed by atoms with van der Waals surface area (Å²) in [4.78, 5) is 84.4. The normalized spacial score (nSPS) is 20.9. The molecule has 2 fully saturated rings. The van der Waals surface area contributed by atoms with E-state index in [-0.39, 0.29) is 41.9 Å². The first-order valence-corrected chi connectivity index (χ1v) is 25.9. The summed E-state index contributed by atoms with van der Waals surface area (Å²) in [6.45, 7) is 12.2. The lowest BCUT2D eigenvalue weighted by molar-refractivity contribution is -0.144. The van der Waals surface area contributed by atoms with Crippen LogP contribution in [0, 0.1) is 0 Å². The van der Waals surface area contributed by atoms with Crippen molar-refractivity contribution in [3.05, 3.63) is 126 Å². The minimum absolute atomic E-state index is 0.0108. The number of rotatable bonds is 18. The molecule has 2 heterocycles. The van der Waals surface area contributed by atoms with E-state index in [1.54, 1.807) is 18.7 Å². The molecule has 13 heteroatoms. The molecule has 0 saturated carbocycles. The van der Waals surface area contributed by atoms with Gasteiger partial charge in [0.25, 0.3) is 8.32 Å². The van der Waals surface area contributed by atoms with E-state index in [9.17, 15) is 28.8 Å². The van der Waals surface area contributed by atoms with E-state index < -0.39 is 55.8 Å². The monoisotopic (exact) mass is 927 g/mol. The first-order chi connectivity index (χ1) is 32.0. The molecule has 5 amide bonds. The van der Waals surface area contributed by atoms with Crippen LogP contribution < -0.4 is 31.6 Å². The van der Waals surface area contributed by atoms with Gasteiger partial charge in [-0.25, -0.2) is 0 Å². The van der Waals surface area contributed by atoms with Crippen molar-refractivity contribution in [3.63, 3.8) is 0 Å². The van der Waals surface area contributed by atoms with Gasteiger partial charge >= 0.3 is 0 Å². The molecule has 2 aliphatic rings. The summed E-state index contributed by atoms with van der Waals surface area (Å²) in [6, 6.07) is 34.7. The maximum absolute atomic E-state index is 14.4. The smallest absolute Gasteiger partial charge is 0.262 e. The molecule has 2 aliphatic heterocycles. The lowest BCUT2D eigenvalue weighted by Crippen LogP contribution is -2.68. The Hall–Kier alpha value is -5.92. The number of carbonyl (C=O) groups is 6. The minimum atomic E-state index is -2.93. The number of anilines is 1. The molecular weight excluding hydrogens is 859 g/mol. The SMILES string of the molecule is CC[C@]1(C)NC(=O)[C@H](CCCCCC(=O)[C@@H](C)O[Si](c2ccccc2)(c2ccccc2)C(C)(C)C)NC(=O)[C@H]2CCCN2C(=O)[C@H](Cc2ccc(CCC(=O)Nc3ccccc3)cc2)NC1=O. The Morgan fingerprint density at radius 2 is 1.37 bits per heavy atom. The van der Waals surface area contributed by atoms with Crippen molar-refractivity contribution in [3.8, 4) is 0 Å². The van der Waals surface area contributed by atoms with Gasteiger partial charge in [-0.1, -0.05) is 144 Å². The van der Waals surface area contributed by atoms with E-state index in [1.165, 1.54) is 0 Å². The molecule has 12 nitrogen and oxygen atoms in total. The summed E-state index contributed by atoms with van der Waals surface area (Å²) < 4.78 is 7.05. The molecule has 0 spiro atoms. The van der Waals surface area contributed by atoms with Gasteiger partial charge in [-0.15, -0.1) is 0 Å². The molecule has 356 valence electrons. The van der Waals surface area contributed by atoms with Crippen molar-refractivity contribution in [1.29, 1.82) is 0 Å². The van der Waals surface area contributed by atoms with Crippen LogP contribution in [0.5, 0.6) is 0 Å². The number of nitrogens with one attached hydrogen (secondary N) is 4. The van der Waals surface area contributed by atoms with Gasteiger partial charge < -0.3 is 30.6 Å². The molecule has 2 saturated heterocycles. The Morgan fingerprint density at radius 1 is 0.776 bits per heavy atom. The van der Waals surface area contributed by atoms with Gasteiger partial charge in [0.05, 0.1) is 0 Å². The molecule has 67 heavy (non-hydrogen) atoms. The number of Topliss-reactive ketones (excluding diaryl/α,β-unsaturated/α-hetero) is 1. The predicted octanol–water partition coefficient (Wildman–Crippen LogP) is 6.54. The molecule has 4 aromatic rings. The van der Waals surface area contributed by atoms with Gasteiger partial charge in [0, 0.05) is 31.5 Å². The zero-order valence-corrected chi connectivity index (χ0v) is 41.1. The maximum Gasteiger partial charge on any atom is 0.262 e. The highest BCUT2D eigenvalue weighted by Gasteiger charge is 2.51. The molecular formula is C54H69N5O7Si. The van der Waals surface area contributed by atoms with Gasteiger partial charge in [0.1, 0.15) is 29.8 Å². The molecule has 0 radical (unpaired) electrons. The number of aryl methyl sites for hydroxylation is 1. The van der Waals surface area contributed by atoms with Gasteiger partial charge in [0.2, 0.25) is 29.5 Å². The average Bonchev–Trinajstić information content (AvgIpc) is 3.82. The van der Waals surface area contributed by atoms with Crippen LogP contribution in [-0.2, 0) is 46.0 Å². The van der Waals surface area contributed by atoms with Crippen molar-refractivity contribution in [2.45, 2.75) is 147 Å². The number of amides is 5. The first-order valence-electron chi connectivity index (χ1n) is 24.0. The standard InChI is InChI=1S/C54H69N5O7Si/c1-7-54(6)52(65)57-45(37-40-32-30-39(31-33-40)34-35-48(61)55-41-21-12-8-13-22-41)51(64)59-36-20-28-46(59)50(63)56-44(49(62)58-54)27-18-11-19-29-47(60)38(2)66-67(53(3,4)5,42-23-14-9-15-24-42)43-25-16-10-17-26-43/h8-10,12-17,21-26,30-33,38,44-46H,7,11,18-20,27-29,34-37H2,1-6H3,(H,55,61)(H,56,63)(H,57,65)(H,58,62)/t38-,44+,45+,46-,54+/m1/s1. The zero-order valence-electron chi connectivity index (χ0n) is 40.1. The van der Waals surface area contributed by atoms with Crippen molar-refractivity contribution in [2.75, 3.05) is 11.9 Å². The Kier molecular flexibility index (Phi) is 17.1. The van der Waals surface area contributed by atoms with Gasteiger partial charge in [0.15, 0.2) is 5.78 Å². The van der Waals surface area contributed by atoms with E-state index in [0.717, 1.165) is 27.2 Å². The minimum Gasteiger partial charge on any atom is -0.398 e. The maximum atomic E-state index is 14.4. The number of fused-ring (bicyclic) bond motifs is 1. The van der Waals surface area contributed by atoms with Crippen molar-refractivity contribution < 1.29 is 33.2 Å². The van der Waals surface area contributed by atoms with Crippen LogP contribution in [0.3, 0.4) is 0 Å². The Bertz CT molecular complexity index is 2280. The van der Waals surface area contributed by atoms with Crippen molar-refractivity contribution >= 4 is 59.7 Å².